The van der Waals surface area contributed by atoms with E-state index in [2.05, 4.69) is 44.0 Å². The van der Waals surface area contributed by atoms with Crippen LogP contribution in [-0.4, -0.2) is 21.7 Å². The molecule has 0 fully saturated rings. The van der Waals surface area contributed by atoms with Crippen molar-refractivity contribution in [3.05, 3.63) is 85.7 Å². The summed E-state index contributed by atoms with van der Waals surface area (Å²) in [4.78, 5) is 0. The molecular formula is C21H26ClFSi2. The molecule has 2 atom stereocenters. The average molecular weight is 389 g/mol. The van der Waals surface area contributed by atoms with Gasteiger partial charge in [-0.3, -0.25) is 0 Å². The van der Waals surface area contributed by atoms with Crippen LogP contribution in [0.15, 0.2) is 79.9 Å². The Bertz CT molecular complexity index is 702. The molecule has 2 unspecified atom stereocenters. The van der Waals surface area contributed by atoms with Gasteiger partial charge in [0.2, 0.25) is 0 Å². The highest BCUT2D eigenvalue weighted by Crippen LogP contribution is 2.28. The number of hydrogen-bond donors (Lipinski definition) is 0. The van der Waals surface area contributed by atoms with E-state index < -0.39 is 16.1 Å². The van der Waals surface area contributed by atoms with E-state index in [0.717, 1.165) is 17.8 Å². The molecule has 0 N–H and O–H groups in total. The van der Waals surface area contributed by atoms with Crippen LogP contribution in [0.2, 0.25) is 24.3 Å². The molecule has 2 rings (SSSR count). The Kier molecular flexibility index (Phi) is 6.99. The van der Waals surface area contributed by atoms with Gasteiger partial charge >= 0.3 is 0 Å². The SMILES string of the molecule is C=CC[Si](C)(CCl)C[Si](CC=C)(c1ccccc1)c1ccc(F)cc1. The van der Waals surface area contributed by atoms with E-state index in [-0.39, 0.29) is 5.82 Å². The van der Waals surface area contributed by atoms with E-state index in [9.17, 15) is 4.39 Å². The van der Waals surface area contributed by atoms with Crippen LogP contribution in [0, 0.1) is 5.82 Å². The normalized spacial score (nSPS) is 15.8. The van der Waals surface area contributed by atoms with Crippen molar-refractivity contribution in [3.8, 4) is 0 Å². The summed E-state index contributed by atoms with van der Waals surface area (Å²) >= 11 is 6.44. The van der Waals surface area contributed by atoms with Crippen LogP contribution in [-0.2, 0) is 0 Å². The van der Waals surface area contributed by atoms with Gasteiger partial charge in [0.15, 0.2) is 0 Å². The predicted octanol–water partition coefficient (Wildman–Crippen LogP) is 5.16. The minimum absolute atomic E-state index is 0.193. The third-order valence-electron chi connectivity index (χ3n) is 4.90. The zero-order valence-electron chi connectivity index (χ0n) is 14.8. The third kappa shape index (κ3) is 4.60. The maximum atomic E-state index is 13.6. The van der Waals surface area contributed by atoms with Crippen LogP contribution >= 0.6 is 11.6 Å². The summed E-state index contributed by atoms with van der Waals surface area (Å²) in [6, 6.07) is 19.7. The van der Waals surface area contributed by atoms with Crippen LogP contribution < -0.4 is 10.4 Å². The molecule has 0 aliphatic rings. The molecule has 0 radical (unpaired) electrons. The van der Waals surface area contributed by atoms with Crippen molar-refractivity contribution in [3.63, 3.8) is 0 Å². The monoisotopic (exact) mass is 388 g/mol. The fraction of sp³-hybridized carbons (Fsp3) is 0.238. The highest BCUT2D eigenvalue weighted by Gasteiger charge is 2.42. The van der Waals surface area contributed by atoms with Crippen molar-refractivity contribution in [1.82, 2.24) is 0 Å². The van der Waals surface area contributed by atoms with Crippen molar-refractivity contribution in [1.29, 1.82) is 0 Å². The van der Waals surface area contributed by atoms with Crippen LogP contribution in [0.5, 0.6) is 0 Å². The number of alkyl halides is 1. The largest absolute Gasteiger partial charge is 0.207 e. The van der Waals surface area contributed by atoms with Gasteiger partial charge in [-0.15, -0.1) is 24.8 Å². The molecule has 4 heteroatoms. The minimum Gasteiger partial charge on any atom is -0.207 e. The third-order valence-corrected chi connectivity index (χ3v) is 18.5. The van der Waals surface area contributed by atoms with Crippen molar-refractivity contribution < 1.29 is 4.39 Å². The van der Waals surface area contributed by atoms with Gasteiger partial charge < -0.3 is 0 Å². The molecule has 0 aliphatic carbocycles. The number of halogens is 2. The molecule has 0 aliphatic heterocycles. The first-order chi connectivity index (χ1) is 12.0. The zero-order chi connectivity index (χ0) is 18.3. The average Bonchev–Trinajstić information content (AvgIpc) is 2.63. The molecule has 132 valence electrons. The Morgan fingerprint density at radius 2 is 1.48 bits per heavy atom. The molecule has 0 saturated carbocycles. The Balaban J connectivity index is 2.65. The summed E-state index contributed by atoms with van der Waals surface area (Å²) in [6.45, 7) is 10.3. The molecule has 2 aromatic rings. The van der Waals surface area contributed by atoms with E-state index in [1.54, 1.807) is 12.1 Å². The lowest BCUT2D eigenvalue weighted by molar-refractivity contribution is 0.628. The van der Waals surface area contributed by atoms with Crippen LogP contribution in [0.4, 0.5) is 4.39 Å². The van der Waals surface area contributed by atoms with Gasteiger partial charge in [-0.2, -0.15) is 0 Å². The first-order valence-corrected chi connectivity index (χ1v) is 14.7. The van der Waals surface area contributed by atoms with E-state index >= 15 is 0 Å². The van der Waals surface area contributed by atoms with E-state index in [0.29, 0.717) is 5.50 Å². The molecular weight excluding hydrogens is 363 g/mol. The van der Waals surface area contributed by atoms with Crippen LogP contribution in [0.25, 0.3) is 0 Å². The van der Waals surface area contributed by atoms with Crippen molar-refractivity contribution in [2.24, 2.45) is 0 Å². The molecule has 0 heterocycles. The summed E-state index contributed by atoms with van der Waals surface area (Å²) < 4.78 is 13.6. The number of hydrogen-bond acceptors (Lipinski definition) is 0. The highest BCUT2D eigenvalue weighted by atomic mass is 35.5. The minimum atomic E-state index is -2.12. The fourth-order valence-corrected chi connectivity index (χ4v) is 17.6. The van der Waals surface area contributed by atoms with Gasteiger partial charge in [0.05, 0.1) is 8.07 Å². The quantitative estimate of drug-likeness (QED) is 0.316. The first kappa shape index (κ1) is 19.9. The number of allylic oxidation sites excluding steroid dienone is 2. The lowest BCUT2D eigenvalue weighted by Crippen LogP contribution is -2.62. The maximum Gasteiger partial charge on any atom is 0.123 e. The molecule has 0 aromatic heterocycles. The standard InChI is InChI=1S/C21H26ClFSi2/c1-4-15-24(3,17-22)18-25(16-5-2,20-9-7-6-8-10-20)21-13-11-19(23)12-14-21/h4-14H,1-2,15-18H2,3H3. The molecule has 25 heavy (non-hydrogen) atoms. The van der Waals surface area contributed by atoms with Gasteiger partial charge in [-0.1, -0.05) is 77.2 Å². The predicted molar refractivity (Wildman–Crippen MR) is 115 cm³/mol. The van der Waals surface area contributed by atoms with E-state index in [1.165, 1.54) is 10.4 Å². The van der Waals surface area contributed by atoms with Gasteiger partial charge in [0.1, 0.15) is 13.9 Å². The van der Waals surface area contributed by atoms with Crippen molar-refractivity contribution in [2.45, 2.75) is 24.3 Å². The summed E-state index contributed by atoms with van der Waals surface area (Å²) in [7, 11) is -3.83. The number of benzene rings is 2. The Hall–Kier alpha value is -1.43. The van der Waals surface area contributed by atoms with E-state index in [4.69, 9.17) is 11.6 Å². The summed E-state index contributed by atoms with van der Waals surface area (Å²) in [5.74, 6) is -0.193. The molecule has 0 spiro atoms. The zero-order valence-corrected chi connectivity index (χ0v) is 17.6. The second kappa shape index (κ2) is 8.79. The lowest BCUT2D eigenvalue weighted by Gasteiger charge is -2.39. The highest BCUT2D eigenvalue weighted by molar-refractivity contribution is 7.11. The molecule has 0 nitrogen and oxygen atoms in total. The summed E-state index contributed by atoms with van der Waals surface area (Å²) in [5.41, 5.74) is 1.82. The van der Waals surface area contributed by atoms with Crippen molar-refractivity contribution >= 4 is 38.1 Å². The lowest BCUT2D eigenvalue weighted by atomic mass is 10.3. The Morgan fingerprint density at radius 1 is 0.920 bits per heavy atom. The second-order valence-corrected chi connectivity index (χ2v) is 17.3. The first-order valence-electron chi connectivity index (χ1n) is 8.59. The smallest absolute Gasteiger partial charge is 0.123 e. The Labute approximate surface area is 158 Å². The second-order valence-electron chi connectivity index (χ2n) is 7.06. The number of rotatable bonds is 9. The Morgan fingerprint density at radius 3 is 2.00 bits per heavy atom. The molecule has 0 bridgehead atoms. The summed E-state index contributed by atoms with van der Waals surface area (Å²) in [6.07, 6.45) is 4.04. The topological polar surface area (TPSA) is 0 Å². The van der Waals surface area contributed by atoms with E-state index in [1.807, 2.05) is 30.4 Å². The maximum absolute atomic E-state index is 13.6. The van der Waals surface area contributed by atoms with Crippen LogP contribution in [0.1, 0.15) is 0 Å². The van der Waals surface area contributed by atoms with Gasteiger partial charge in [-0.25, -0.2) is 4.39 Å². The van der Waals surface area contributed by atoms with Gasteiger partial charge in [0.25, 0.3) is 0 Å². The summed E-state index contributed by atoms with van der Waals surface area (Å²) in [5, 5.41) is 2.63. The van der Waals surface area contributed by atoms with Crippen molar-refractivity contribution in [2.75, 3.05) is 5.50 Å². The van der Waals surface area contributed by atoms with Gasteiger partial charge in [-0.05, 0) is 24.2 Å². The molecule has 0 saturated heterocycles. The van der Waals surface area contributed by atoms with Crippen LogP contribution in [0.3, 0.4) is 0 Å². The molecule has 2 aromatic carbocycles. The fourth-order valence-electron chi connectivity index (χ4n) is 3.70. The van der Waals surface area contributed by atoms with Gasteiger partial charge in [0, 0.05) is 5.50 Å². The molecule has 0 amide bonds.